The van der Waals surface area contributed by atoms with E-state index in [1.165, 1.54) is 11.1 Å². The smallest absolute Gasteiger partial charge is 0.123 e. The number of likely N-dealkylation sites (N-methyl/N-ethyl adjacent to an activating group) is 1. The molecule has 29 heavy (non-hydrogen) atoms. The normalized spacial score (nSPS) is 16.7. The molecule has 0 radical (unpaired) electrons. The summed E-state index contributed by atoms with van der Waals surface area (Å²) in [5.74, 6) is 1.85. The Labute approximate surface area is 174 Å². The number of aryl methyl sites for hydroxylation is 2. The van der Waals surface area contributed by atoms with Gasteiger partial charge in [0.25, 0.3) is 0 Å². The van der Waals surface area contributed by atoms with E-state index in [1.54, 1.807) is 7.11 Å². The molecule has 1 N–H and O–H groups in total. The van der Waals surface area contributed by atoms with E-state index in [4.69, 9.17) is 9.47 Å². The van der Waals surface area contributed by atoms with E-state index < -0.39 is 5.60 Å². The third kappa shape index (κ3) is 5.10. The summed E-state index contributed by atoms with van der Waals surface area (Å²) in [4.78, 5) is 4.41. The van der Waals surface area contributed by atoms with Gasteiger partial charge in [-0.05, 0) is 75.3 Å². The fourth-order valence-corrected chi connectivity index (χ4v) is 4.11. The number of nitrogens with zero attached hydrogens (tertiary/aromatic N) is 2. The lowest BCUT2D eigenvalue weighted by Gasteiger charge is -2.28. The first-order valence-electron chi connectivity index (χ1n) is 10.2. The molecule has 1 aliphatic rings. The summed E-state index contributed by atoms with van der Waals surface area (Å²) < 4.78 is 11.5. The second-order valence-corrected chi connectivity index (χ2v) is 8.64. The third-order valence-corrected chi connectivity index (χ3v) is 5.61. The Balaban J connectivity index is 1.83. The molecule has 0 amide bonds. The van der Waals surface area contributed by atoms with Crippen LogP contribution in [0.15, 0.2) is 30.3 Å². The number of benzene rings is 2. The van der Waals surface area contributed by atoms with Crippen LogP contribution in [0.3, 0.4) is 0 Å². The Morgan fingerprint density at radius 3 is 2.62 bits per heavy atom. The van der Waals surface area contributed by atoms with Gasteiger partial charge in [0.1, 0.15) is 18.1 Å². The quantitative estimate of drug-likeness (QED) is 0.807. The molecule has 0 spiro atoms. The Morgan fingerprint density at radius 1 is 1.17 bits per heavy atom. The molecule has 1 unspecified atom stereocenters. The molecule has 0 saturated carbocycles. The number of aliphatic hydroxyl groups is 1. The molecular weight excluding hydrogens is 364 g/mol. The molecule has 0 saturated heterocycles. The summed E-state index contributed by atoms with van der Waals surface area (Å²) in [6, 6.07) is 10.4. The minimum Gasteiger partial charge on any atom is -0.496 e. The topological polar surface area (TPSA) is 45.2 Å². The number of ether oxygens (including phenoxy) is 2. The van der Waals surface area contributed by atoms with Gasteiger partial charge in [0, 0.05) is 31.7 Å². The number of hydrogen-bond donors (Lipinski definition) is 1. The minimum absolute atomic E-state index is 0.570. The second kappa shape index (κ2) is 8.74. The molecule has 0 aromatic heterocycles. The van der Waals surface area contributed by atoms with Gasteiger partial charge < -0.3 is 19.5 Å². The van der Waals surface area contributed by atoms with Crippen LogP contribution in [0.25, 0.3) is 0 Å². The summed E-state index contributed by atoms with van der Waals surface area (Å²) >= 11 is 0. The van der Waals surface area contributed by atoms with Crippen molar-refractivity contribution in [1.29, 1.82) is 0 Å². The maximum atomic E-state index is 10.9. The van der Waals surface area contributed by atoms with E-state index in [9.17, 15) is 5.11 Å². The van der Waals surface area contributed by atoms with Crippen LogP contribution in [-0.2, 0) is 18.7 Å². The zero-order chi connectivity index (χ0) is 21.2. The van der Waals surface area contributed by atoms with Crippen LogP contribution in [0.5, 0.6) is 11.5 Å². The van der Waals surface area contributed by atoms with Crippen molar-refractivity contribution in [2.45, 2.75) is 39.5 Å². The number of rotatable bonds is 6. The number of hydrogen-bond acceptors (Lipinski definition) is 5. The van der Waals surface area contributed by atoms with Gasteiger partial charge in [-0.25, -0.2) is 0 Å². The zero-order valence-electron chi connectivity index (χ0n) is 18.6. The summed E-state index contributed by atoms with van der Waals surface area (Å²) in [5.41, 5.74) is 4.85. The maximum absolute atomic E-state index is 10.9. The molecule has 0 fully saturated rings. The molecular formula is C24H34N2O3. The molecule has 2 aromatic rings. The van der Waals surface area contributed by atoms with Gasteiger partial charge in [0.05, 0.1) is 12.7 Å². The first kappa shape index (κ1) is 21.6. The van der Waals surface area contributed by atoms with Gasteiger partial charge in [-0.3, -0.25) is 4.90 Å². The van der Waals surface area contributed by atoms with E-state index in [1.807, 2.05) is 38.1 Å². The predicted molar refractivity (Wildman–Crippen MR) is 117 cm³/mol. The van der Waals surface area contributed by atoms with E-state index in [0.717, 1.165) is 47.8 Å². The van der Waals surface area contributed by atoms with Crippen molar-refractivity contribution in [3.8, 4) is 11.5 Å². The first-order chi connectivity index (χ1) is 13.7. The van der Waals surface area contributed by atoms with E-state index in [2.05, 4.69) is 36.9 Å². The number of methoxy groups -OCH3 is 1. The van der Waals surface area contributed by atoms with Crippen LogP contribution < -0.4 is 9.47 Å². The summed E-state index contributed by atoms with van der Waals surface area (Å²) in [6.07, 6.45) is 0. The van der Waals surface area contributed by atoms with Crippen molar-refractivity contribution >= 4 is 0 Å². The van der Waals surface area contributed by atoms with E-state index in [-0.39, 0.29) is 0 Å². The predicted octanol–water partition coefficient (Wildman–Crippen LogP) is 3.48. The lowest BCUT2D eigenvalue weighted by atomic mass is 9.93. The lowest BCUT2D eigenvalue weighted by molar-refractivity contribution is 0.0299. The van der Waals surface area contributed by atoms with Gasteiger partial charge >= 0.3 is 0 Å². The highest BCUT2D eigenvalue weighted by molar-refractivity contribution is 5.42. The molecule has 0 aliphatic carbocycles. The van der Waals surface area contributed by atoms with Gasteiger partial charge in [0.2, 0.25) is 0 Å². The molecule has 1 atom stereocenters. The first-order valence-corrected chi connectivity index (χ1v) is 10.2. The SMILES string of the molecule is COc1cc(C)c(CN2CCOc3ccc(C(C)(O)CN(C)C)cc3C2)cc1C. The van der Waals surface area contributed by atoms with Crippen LogP contribution in [-0.4, -0.2) is 55.8 Å². The van der Waals surface area contributed by atoms with Gasteiger partial charge in [-0.15, -0.1) is 0 Å². The van der Waals surface area contributed by atoms with Crippen molar-refractivity contribution in [3.05, 3.63) is 58.1 Å². The van der Waals surface area contributed by atoms with Crippen molar-refractivity contribution in [1.82, 2.24) is 9.80 Å². The van der Waals surface area contributed by atoms with E-state index in [0.29, 0.717) is 13.2 Å². The Bertz CT molecular complexity index is 861. The molecule has 1 aliphatic heterocycles. The van der Waals surface area contributed by atoms with Crippen LogP contribution in [0, 0.1) is 13.8 Å². The highest BCUT2D eigenvalue weighted by atomic mass is 16.5. The van der Waals surface area contributed by atoms with Crippen LogP contribution >= 0.6 is 0 Å². The fraction of sp³-hybridized carbons (Fsp3) is 0.500. The lowest BCUT2D eigenvalue weighted by Crippen LogP contribution is -2.34. The Hall–Kier alpha value is -2.08. The monoisotopic (exact) mass is 398 g/mol. The standard InChI is InChI=1S/C24H34N2O3/c1-17-12-23(28-6)18(2)11-19(17)14-26-9-10-29-22-8-7-21(13-20(22)15-26)24(3,27)16-25(4)5/h7-8,11-13,27H,9-10,14-16H2,1-6H3. The largest absolute Gasteiger partial charge is 0.496 e. The number of fused-ring (bicyclic) bond motifs is 1. The summed E-state index contributed by atoms with van der Waals surface area (Å²) in [6.45, 7) is 9.84. The average Bonchev–Trinajstić information content (AvgIpc) is 2.84. The molecule has 2 aromatic carbocycles. The maximum Gasteiger partial charge on any atom is 0.123 e. The van der Waals surface area contributed by atoms with Crippen LogP contribution in [0.2, 0.25) is 0 Å². The molecule has 5 nitrogen and oxygen atoms in total. The molecule has 158 valence electrons. The molecule has 5 heteroatoms. The van der Waals surface area contributed by atoms with E-state index >= 15 is 0 Å². The van der Waals surface area contributed by atoms with Gasteiger partial charge in [-0.2, -0.15) is 0 Å². The Kier molecular flexibility index (Phi) is 6.52. The molecule has 1 heterocycles. The molecule has 0 bridgehead atoms. The zero-order valence-corrected chi connectivity index (χ0v) is 18.6. The average molecular weight is 399 g/mol. The highest BCUT2D eigenvalue weighted by Crippen LogP contribution is 2.31. The van der Waals surface area contributed by atoms with Gasteiger partial charge in [0.15, 0.2) is 0 Å². The van der Waals surface area contributed by atoms with Crippen molar-refractivity contribution < 1.29 is 14.6 Å². The van der Waals surface area contributed by atoms with Crippen molar-refractivity contribution in [2.75, 3.05) is 40.9 Å². The Morgan fingerprint density at radius 2 is 1.93 bits per heavy atom. The van der Waals surface area contributed by atoms with Crippen LogP contribution in [0.4, 0.5) is 0 Å². The van der Waals surface area contributed by atoms with Gasteiger partial charge in [-0.1, -0.05) is 12.1 Å². The van der Waals surface area contributed by atoms with Crippen molar-refractivity contribution in [3.63, 3.8) is 0 Å². The third-order valence-electron chi connectivity index (χ3n) is 5.61. The minimum atomic E-state index is -0.903. The van der Waals surface area contributed by atoms with Crippen molar-refractivity contribution in [2.24, 2.45) is 0 Å². The summed E-state index contributed by atoms with van der Waals surface area (Å²) in [7, 11) is 5.66. The fourth-order valence-electron chi connectivity index (χ4n) is 4.11. The second-order valence-electron chi connectivity index (χ2n) is 8.64. The molecule has 3 rings (SSSR count). The van der Waals surface area contributed by atoms with Crippen LogP contribution in [0.1, 0.15) is 34.7 Å². The summed E-state index contributed by atoms with van der Waals surface area (Å²) in [5, 5.41) is 10.9. The highest BCUT2D eigenvalue weighted by Gasteiger charge is 2.26.